The molecule has 2 rings (SSSR count). The second-order valence-electron chi connectivity index (χ2n) is 4.42. The van der Waals surface area contributed by atoms with Gasteiger partial charge in [-0.25, -0.2) is 0 Å². The van der Waals surface area contributed by atoms with Crippen molar-refractivity contribution < 1.29 is 4.74 Å². The van der Waals surface area contributed by atoms with E-state index >= 15 is 0 Å². The van der Waals surface area contributed by atoms with Gasteiger partial charge < -0.3 is 15.4 Å². The second-order valence-corrected chi connectivity index (χ2v) is 4.42. The van der Waals surface area contributed by atoms with E-state index in [9.17, 15) is 0 Å². The van der Waals surface area contributed by atoms with Crippen molar-refractivity contribution >= 4 is 5.69 Å². The SMILES string of the molecule is COc1ccccc1NCC1CNCCN1C. The molecule has 1 aromatic rings. The molecule has 1 aliphatic rings. The van der Waals surface area contributed by atoms with Crippen LogP contribution in [-0.2, 0) is 0 Å². The summed E-state index contributed by atoms with van der Waals surface area (Å²) in [6, 6.07) is 8.57. The summed E-state index contributed by atoms with van der Waals surface area (Å²) in [7, 11) is 3.88. The number of likely N-dealkylation sites (N-methyl/N-ethyl adjacent to an activating group) is 1. The van der Waals surface area contributed by atoms with Gasteiger partial charge in [0.25, 0.3) is 0 Å². The number of anilines is 1. The average Bonchev–Trinajstić information content (AvgIpc) is 2.38. The Kier molecular flexibility index (Phi) is 4.23. The topological polar surface area (TPSA) is 36.5 Å². The van der Waals surface area contributed by atoms with E-state index in [1.165, 1.54) is 0 Å². The highest BCUT2D eigenvalue weighted by Crippen LogP contribution is 2.23. The molecule has 1 aromatic carbocycles. The van der Waals surface area contributed by atoms with Crippen molar-refractivity contribution in [3.63, 3.8) is 0 Å². The molecule has 1 heterocycles. The summed E-state index contributed by atoms with van der Waals surface area (Å²) in [4.78, 5) is 2.39. The lowest BCUT2D eigenvalue weighted by atomic mass is 10.2. The molecule has 0 amide bonds. The molecular formula is C13H21N3O. The van der Waals surface area contributed by atoms with Crippen LogP contribution in [0.2, 0.25) is 0 Å². The fraction of sp³-hybridized carbons (Fsp3) is 0.538. The van der Waals surface area contributed by atoms with Crippen LogP contribution in [0.1, 0.15) is 0 Å². The minimum atomic E-state index is 0.536. The normalized spacial score (nSPS) is 21.2. The molecule has 1 atom stereocenters. The molecule has 0 bridgehead atoms. The first-order valence-electron chi connectivity index (χ1n) is 6.09. The fourth-order valence-electron chi connectivity index (χ4n) is 2.11. The zero-order valence-electron chi connectivity index (χ0n) is 10.6. The number of benzene rings is 1. The molecule has 1 aliphatic heterocycles. The highest BCUT2D eigenvalue weighted by Gasteiger charge is 2.18. The molecule has 94 valence electrons. The summed E-state index contributed by atoms with van der Waals surface area (Å²) >= 11 is 0. The van der Waals surface area contributed by atoms with Gasteiger partial charge in [-0.05, 0) is 19.2 Å². The number of ether oxygens (including phenoxy) is 1. The van der Waals surface area contributed by atoms with E-state index in [0.29, 0.717) is 6.04 Å². The van der Waals surface area contributed by atoms with E-state index in [2.05, 4.69) is 28.6 Å². The molecule has 1 fully saturated rings. The van der Waals surface area contributed by atoms with Gasteiger partial charge in [-0.3, -0.25) is 4.90 Å². The largest absolute Gasteiger partial charge is 0.495 e. The number of nitrogens with one attached hydrogen (secondary N) is 2. The zero-order chi connectivity index (χ0) is 12.1. The van der Waals surface area contributed by atoms with Gasteiger partial charge in [-0.1, -0.05) is 12.1 Å². The maximum absolute atomic E-state index is 5.32. The lowest BCUT2D eigenvalue weighted by Crippen LogP contribution is -2.52. The van der Waals surface area contributed by atoms with Gasteiger partial charge in [0.05, 0.1) is 12.8 Å². The number of hydrogen-bond acceptors (Lipinski definition) is 4. The molecular weight excluding hydrogens is 214 g/mol. The van der Waals surface area contributed by atoms with Gasteiger partial charge in [0.2, 0.25) is 0 Å². The van der Waals surface area contributed by atoms with Crippen LogP contribution >= 0.6 is 0 Å². The summed E-state index contributed by atoms with van der Waals surface area (Å²) in [5.41, 5.74) is 1.06. The molecule has 4 nitrogen and oxygen atoms in total. The minimum absolute atomic E-state index is 0.536. The molecule has 0 aliphatic carbocycles. The Morgan fingerprint density at radius 2 is 2.29 bits per heavy atom. The predicted molar refractivity (Wildman–Crippen MR) is 70.8 cm³/mol. The van der Waals surface area contributed by atoms with Gasteiger partial charge >= 0.3 is 0 Å². The smallest absolute Gasteiger partial charge is 0.141 e. The van der Waals surface area contributed by atoms with Gasteiger partial charge in [-0.2, -0.15) is 0 Å². The van der Waals surface area contributed by atoms with Crippen molar-refractivity contribution in [2.45, 2.75) is 6.04 Å². The van der Waals surface area contributed by atoms with Crippen LogP contribution in [0.3, 0.4) is 0 Å². The first-order chi connectivity index (χ1) is 8.31. The third-order valence-corrected chi connectivity index (χ3v) is 3.28. The van der Waals surface area contributed by atoms with Crippen LogP contribution in [0.5, 0.6) is 5.75 Å². The molecule has 0 radical (unpaired) electrons. The van der Waals surface area contributed by atoms with E-state index in [-0.39, 0.29) is 0 Å². The van der Waals surface area contributed by atoms with Crippen molar-refractivity contribution in [2.24, 2.45) is 0 Å². The van der Waals surface area contributed by atoms with Crippen LogP contribution < -0.4 is 15.4 Å². The summed E-state index contributed by atoms with van der Waals surface area (Å²) in [6.07, 6.45) is 0. The summed E-state index contributed by atoms with van der Waals surface area (Å²) < 4.78 is 5.32. The Balaban J connectivity index is 1.92. The lowest BCUT2D eigenvalue weighted by Gasteiger charge is -2.33. The number of hydrogen-bond donors (Lipinski definition) is 2. The van der Waals surface area contributed by atoms with Crippen molar-refractivity contribution in [1.82, 2.24) is 10.2 Å². The van der Waals surface area contributed by atoms with Crippen molar-refractivity contribution in [1.29, 1.82) is 0 Å². The van der Waals surface area contributed by atoms with Crippen molar-refractivity contribution in [3.8, 4) is 5.75 Å². The molecule has 0 spiro atoms. The Morgan fingerprint density at radius 3 is 3.06 bits per heavy atom. The zero-order valence-corrected chi connectivity index (χ0v) is 10.6. The van der Waals surface area contributed by atoms with Crippen LogP contribution in [0.15, 0.2) is 24.3 Å². The molecule has 1 saturated heterocycles. The Hall–Kier alpha value is -1.26. The third-order valence-electron chi connectivity index (χ3n) is 3.28. The molecule has 1 unspecified atom stereocenters. The fourth-order valence-corrected chi connectivity index (χ4v) is 2.11. The molecule has 0 aromatic heterocycles. The number of rotatable bonds is 4. The van der Waals surface area contributed by atoms with Gasteiger partial charge in [0.15, 0.2) is 0 Å². The van der Waals surface area contributed by atoms with E-state index in [4.69, 9.17) is 4.74 Å². The summed E-state index contributed by atoms with van der Waals surface area (Å²) in [5, 5.41) is 6.87. The van der Waals surface area contributed by atoms with Gasteiger partial charge in [0, 0.05) is 32.2 Å². The first kappa shape index (κ1) is 12.2. The Bertz CT molecular complexity index is 356. The van der Waals surface area contributed by atoms with Crippen LogP contribution in [-0.4, -0.2) is 51.3 Å². The molecule has 2 N–H and O–H groups in total. The maximum Gasteiger partial charge on any atom is 0.141 e. The van der Waals surface area contributed by atoms with Gasteiger partial charge in [-0.15, -0.1) is 0 Å². The summed E-state index contributed by atoms with van der Waals surface area (Å²) in [6.45, 7) is 4.17. The monoisotopic (exact) mass is 235 g/mol. The Labute approximate surface area is 103 Å². The van der Waals surface area contributed by atoms with E-state index in [0.717, 1.165) is 37.6 Å². The van der Waals surface area contributed by atoms with Gasteiger partial charge in [0.1, 0.15) is 5.75 Å². The van der Waals surface area contributed by atoms with Crippen molar-refractivity contribution in [3.05, 3.63) is 24.3 Å². The summed E-state index contributed by atoms with van der Waals surface area (Å²) in [5.74, 6) is 0.902. The number of piperazine rings is 1. The van der Waals surface area contributed by atoms with E-state index in [1.807, 2.05) is 18.2 Å². The van der Waals surface area contributed by atoms with Crippen LogP contribution in [0, 0.1) is 0 Å². The second kappa shape index (κ2) is 5.89. The number of methoxy groups -OCH3 is 1. The predicted octanol–water partition coefficient (Wildman–Crippen LogP) is 1.01. The van der Waals surface area contributed by atoms with Crippen LogP contribution in [0.4, 0.5) is 5.69 Å². The third kappa shape index (κ3) is 3.11. The number of nitrogens with zero attached hydrogens (tertiary/aromatic N) is 1. The highest BCUT2D eigenvalue weighted by atomic mass is 16.5. The molecule has 0 saturated carbocycles. The minimum Gasteiger partial charge on any atom is -0.495 e. The quantitative estimate of drug-likeness (QED) is 0.816. The molecule has 4 heteroatoms. The maximum atomic E-state index is 5.32. The van der Waals surface area contributed by atoms with Crippen LogP contribution in [0.25, 0.3) is 0 Å². The Morgan fingerprint density at radius 1 is 1.47 bits per heavy atom. The highest BCUT2D eigenvalue weighted by molar-refractivity contribution is 5.56. The average molecular weight is 235 g/mol. The number of para-hydroxylation sites is 2. The van der Waals surface area contributed by atoms with E-state index in [1.54, 1.807) is 7.11 Å². The first-order valence-corrected chi connectivity index (χ1v) is 6.09. The lowest BCUT2D eigenvalue weighted by molar-refractivity contribution is 0.209. The standard InChI is InChI=1S/C13H21N3O/c1-16-8-7-14-9-11(16)10-15-12-5-3-4-6-13(12)17-2/h3-6,11,14-15H,7-10H2,1-2H3. The van der Waals surface area contributed by atoms with Crippen molar-refractivity contribution in [2.75, 3.05) is 45.7 Å². The van der Waals surface area contributed by atoms with E-state index < -0.39 is 0 Å². The molecule has 17 heavy (non-hydrogen) atoms.